The molecule has 82 valence electrons. The maximum atomic E-state index is 5.59. The standard InChI is InChI=1S/C10H15N3O2/c1-7-4-12-10(11)13-9(7)15-6-8-2-3-14-5-8/h4,8H,2-3,5-6H2,1H3,(H2,11,12,13). The van der Waals surface area contributed by atoms with Crippen LogP contribution in [0.15, 0.2) is 6.20 Å². The smallest absolute Gasteiger partial charge is 0.223 e. The van der Waals surface area contributed by atoms with Gasteiger partial charge < -0.3 is 15.2 Å². The lowest BCUT2D eigenvalue weighted by Gasteiger charge is -2.11. The van der Waals surface area contributed by atoms with Gasteiger partial charge in [0, 0.05) is 24.3 Å². The Labute approximate surface area is 88.6 Å². The van der Waals surface area contributed by atoms with Crippen LogP contribution in [0.4, 0.5) is 5.95 Å². The molecule has 0 spiro atoms. The first-order chi connectivity index (χ1) is 7.25. The lowest BCUT2D eigenvalue weighted by atomic mass is 10.1. The van der Waals surface area contributed by atoms with E-state index in [0.29, 0.717) is 18.4 Å². The molecule has 0 aromatic carbocycles. The van der Waals surface area contributed by atoms with Gasteiger partial charge in [0.1, 0.15) is 0 Å². The van der Waals surface area contributed by atoms with E-state index in [2.05, 4.69) is 9.97 Å². The quantitative estimate of drug-likeness (QED) is 0.796. The molecule has 1 unspecified atom stereocenters. The van der Waals surface area contributed by atoms with Crippen LogP contribution in [0.1, 0.15) is 12.0 Å². The van der Waals surface area contributed by atoms with Crippen molar-refractivity contribution in [3.63, 3.8) is 0 Å². The number of nitrogen functional groups attached to an aromatic ring is 1. The van der Waals surface area contributed by atoms with E-state index in [0.717, 1.165) is 25.2 Å². The zero-order valence-corrected chi connectivity index (χ0v) is 8.77. The maximum Gasteiger partial charge on any atom is 0.223 e. The summed E-state index contributed by atoms with van der Waals surface area (Å²) in [6.07, 6.45) is 2.72. The Morgan fingerprint density at radius 2 is 2.53 bits per heavy atom. The number of nitrogens with two attached hydrogens (primary N) is 1. The average Bonchev–Trinajstić information content (AvgIpc) is 2.72. The van der Waals surface area contributed by atoms with Gasteiger partial charge in [0.2, 0.25) is 11.8 Å². The lowest BCUT2D eigenvalue weighted by molar-refractivity contribution is 0.165. The van der Waals surface area contributed by atoms with E-state index in [1.165, 1.54) is 0 Å². The normalized spacial score (nSPS) is 20.5. The number of hydrogen-bond acceptors (Lipinski definition) is 5. The summed E-state index contributed by atoms with van der Waals surface area (Å²) in [5, 5.41) is 0. The van der Waals surface area contributed by atoms with Gasteiger partial charge in [-0.2, -0.15) is 4.98 Å². The SMILES string of the molecule is Cc1cnc(N)nc1OCC1CCOC1. The van der Waals surface area contributed by atoms with E-state index in [-0.39, 0.29) is 5.95 Å². The van der Waals surface area contributed by atoms with Crippen molar-refractivity contribution in [1.82, 2.24) is 9.97 Å². The molecule has 1 aromatic rings. The number of aromatic nitrogens is 2. The fourth-order valence-corrected chi connectivity index (χ4v) is 1.50. The second kappa shape index (κ2) is 4.44. The van der Waals surface area contributed by atoms with Crippen molar-refractivity contribution in [2.75, 3.05) is 25.6 Å². The Bertz CT molecular complexity index is 337. The van der Waals surface area contributed by atoms with Crippen LogP contribution < -0.4 is 10.5 Å². The highest BCUT2D eigenvalue weighted by Crippen LogP contribution is 2.17. The first-order valence-electron chi connectivity index (χ1n) is 5.05. The molecular weight excluding hydrogens is 194 g/mol. The summed E-state index contributed by atoms with van der Waals surface area (Å²) < 4.78 is 10.9. The summed E-state index contributed by atoms with van der Waals surface area (Å²) in [4.78, 5) is 7.92. The largest absolute Gasteiger partial charge is 0.477 e. The summed E-state index contributed by atoms with van der Waals surface area (Å²) in [5.74, 6) is 1.30. The molecule has 0 radical (unpaired) electrons. The Kier molecular flexibility index (Phi) is 3.01. The Morgan fingerprint density at radius 1 is 1.67 bits per heavy atom. The summed E-state index contributed by atoms with van der Waals surface area (Å²) in [6, 6.07) is 0. The molecule has 0 bridgehead atoms. The van der Waals surface area contributed by atoms with Crippen molar-refractivity contribution in [2.45, 2.75) is 13.3 Å². The van der Waals surface area contributed by atoms with Crippen LogP contribution in [-0.4, -0.2) is 29.8 Å². The van der Waals surface area contributed by atoms with Crippen LogP contribution in [0.25, 0.3) is 0 Å². The van der Waals surface area contributed by atoms with Crippen LogP contribution in [-0.2, 0) is 4.74 Å². The molecule has 1 aromatic heterocycles. The molecule has 1 fully saturated rings. The molecule has 5 heteroatoms. The minimum atomic E-state index is 0.248. The van der Waals surface area contributed by atoms with E-state index in [9.17, 15) is 0 Å². The van der Waals surface area contributed by atoms with Crippen molar-refractivity contribution in [3.05, 3.63) is 11.8 Å². The van der Waals surface area contributed by atoms with E-state index in [1.54, 1.807) is 6.20 Å². The maximum absolute atomic E-state index is 5.59. The topological polar surface area (TPSA) is 70.3 Å². The number of anilines is 1. The van der Waals surface area contributed by atoms with Gasteiger partial charge in [-0.05, 0) is 13.3 Å². The zero-order valence-electron chi connectivity index (χ0n) is 8.77. The highest BCUT2D eigenvalue weighted by Gasteiger charge is 2.17. The number of rotatable bonds is 3. The molecule has 1 aliphatic heterocycles. The van der Waals surface area contributed by atoms with Crippen LogP contribution in [0.3, 0.4) is 0 Å². The van der Waals surface area contributed by atoms with Crippen molar-refractivity contribution in [1.29, 1.82) is 0 Å². The first-order valence-corrected chi connectivity index (χ1v) is 5.05. The van der Waals surface area contributed by atoms with Gasteiger partial charge in [-0.25, -0.2) is 4.98 Å². The number of aryl methyl sites for hydroxylation is 1. The minimum Gasteiger partial charge on any atom is -0.477 e. The van der Waals surface area contributed by atoms with Gasteiger partial charge in [-0.1, -0.05) is 0 Å². The Morgan fingerprint density at radius 3 is 3.27 bits per heavy atom. The molecule has 0 saturated carbocycles. The molecular formula is C10H15N3O2. The van der Waals surface area contributed by atoms with Crippen LogP contribution in [0.2, 0.25) is 0 Å². The van der Waals surface area contributed by atoms with Crippen molar-refractivity contribution in [2.24, 2.45) is 5.92 Å². The van der Waals surface area contributed by atoms with E-state index in [1.807, 2.05) is 6.92 Å². The number of hydrogen-bond donors (Lipinski definition) is 1. The molecule has 2 heterocycles. The molecule has 2 rings (SSSR count). The third-order valence-electron chi connectivity index (χ3n) is 2.42. The van der Waals surface area contributed by atoms with Crippen LogP contribution >= 0.6 is 0 Å². The van der Waals surface area contributed by atoms with Gasteiger partial charge >= 0.3 is 0 Å². The summed E-state index contributed by atoms with van der Waals surface area (Å²) in [7, 11) is 0. The van der Waals surface area contributed by atoms with E-state index >= 15 is 0 Å². The molecule has 15 heavy (non-hydrogen) atoms. The van der Waals surface area contributed by atoms with E-state index in [4.69, 9.17) is 15.2 Å². The van der Waals surface area contributed by atoms with E-state index < -0.39 is 0 Å². The highest BCUT2D eigenvalue weighted by atomic mass is 16.5. The number of ether oxygens (including phenoxy) is 2. The molecule has 0 amide bonds. The average molecular weight is 209 g/mol. The minimum absolute atomic E-state index is 0.248. The predicted octanol–water partition coefficient (Wildman–Crippen LogP) is 0.783. The van der Waals surface area contributed by atoms with Crippen molar-refractivity contribution < 1.29 is 9.47 Å². The summed E-state index contributed by atoms with van der Waals surface area (Å²) >= 11 is 0. The van der Waals surface area contributed by atoms with Crippen LogP contribution in [0, 0.1) is 12.8 Å². The second-order valence-electron chi connectivity index (χ2n) is 3.76. The third-order valence-corrected chi connectivity index (χ3v) is 2.42. The predicted molar refractivity (Wildman–Crippen MR) is 55.6 cm³/mol. The van der Waals surface area contributed by atoms with Gasteiger partial charge in [-0.3, -0.25) is 0 Å². The monoisotopic (exact) mass is 209 g/mol. The van der Waals surface area contributed by atoms with Gasteiger partial charge in [0.15, 0.2) is 0 Å². The second-order valence-corrected chi connectivity index (χ2v) is 3.76. The van der Waals surface area contributed by atoms with Crippen molar-refractivity contribution in [3.8, 4) is 5.88 Å². The van der Waals surface area contributed by atoms with Gasteiger partial charge in [-0.15, -0.1) is 0 Å². The third kappa shape index (κ3) is 2.56. The van der Waals surface area contributed by atoms with Gasteiger partial charge in [0.05, 0.1) is 13.2 Å². The lowest BCUT2D eigenvalue weighted by Crippen LogP contribution is -2.13. The number of nitrogens with zero attached hydrogens (tertiary/aromatic N) is 2. The fourth-order valence-electron chi connectivity index (χ4n) is 1.50. The zero-order chi connectivity index (χ0) is 10.7. The Balaban J connectivity index is 1.94. The van der Waals surface area contributed by atoms with Gasteiger partial charge in [0.25, 0.3) is 0 Å². The summed E-state index contributed by atoms with van der Waals surface area (Å²) in [6.45, 7) is 4.15. The molecule has 1 aliphatic rings. The molecule has 5 nitrogen and oxygen atoms in total. The highest BCUT2D eigenvalue weighted by molar-refractivity contribution is 5.28. The molecule has 1 saturated heterocycles. The summed E-state index contributed by atoms with van der Waals surface area (Å²) in [5.41, 5.74) is 6.39. The Hall–Kier alpha value is -1.36. The molecule has 1 atom stereocenters. The fraction of sp³-hybridized carbons (Fsp3) is 0.600. The first kappa shape index (κ1) is 10.2. The molecule has 2 N–H and O–H groups in total. The molecule has 0 aliphatic carbocycles. The van der Waals surface area contributed by atoms with Crippen molar-refractivity contribution >= 4 is 5.95 Å². The van der Waals surface area contributed by atoms with Crippen LogP contribution in [0.5, 0.6) is 5.88 Å².